The number of nitrogens with zero attached hydrogens (tertiary/aromatic N) is 4. The Hall–Kier alpha value is -4.11. The Balaban J connectivity index is 0.000000454. The van der Waals surface area contributed by atoms with E-state index in [2.05, 4.69) is 31.2 Å². The summed E-state index contributed by atoms with van der Waals surface area (Å²) in [5.41, 5.74) is 4.15. The number of halogens is 3. The molecule has 0 aliphatic carbocycles. The first kappa shape index (κ1) is 26.5. The molecule has 9 nitrogen and oxygen atoms in total. The number of hydrogen-bond acceptors (Lipinski definition) is 6. The van der Waals surface area contributed by atoms with Crippen molar-refractivity contribution in [3.05, 3.63) is 53.9 Å². The van der Waals surface area contributed by atoms with Crippen molar-refractivity contribution >= 4 is 34.3 Å². The van der Waals surface area contributed by atoms with Crippen LogP contribution in [0.4, 0.5) is 24.5 Å². The second-order valence-corrected chi connectivity index (χ2v) is 8.46. The average Bonchev–Trinajstić information content (AvgIpc) is 3.45. The van der Waals surface area contributed by atoms with Crippen molar-refractivity contribution in [1.29, 1.82) is 5.26 Å². The molecular weight excluding hydrogens is 477 g/mol. The summed E-state index contributed by atoms with van der Waals surface area (Å²) in [6, 6.07) is 15.1. The zero-order valence-electron chi connectivity index (χ0n) is 19.6. The third kappa shape index (κ3) is 6.73. The highest BCUT2D eigenvalue weighted by atomic mass is 19.4. The molecule has 1 amide bonds. The fourth-order valence-corrected chi connectivity index (χ4v) is 3.82. The molecule has 4 rings (SSSR count). The van der Waals surface area contributed by atoms with Crippen LogP contribution in [0.2, 0.25) is 0 Å². The minimum atomic E-state index is -5.08. The van der Waals surface area contributed by atoms with Crippen molar-refractivity contribution in [3.63, 3.8) is 0 Å². The first-order valence-corrected chi connectivity index (χ1v) is 11.0. The Kier molecular flexibility index (Phi) is 8.16. The molecule has 1 unspecified atom stereocenters. The molecule has 190 valence electrons. The van der Waals surface area contributed by atoms with E-state index in [0.29, 0.717) is 5.56 Å². The summed E-state index contributed by atoms with van der Waals surface area (Å²) in [5, 5.41) is 19.2. The summed E-state index contributed by atoms with van der Waals surface area (Å²) in [7, 11) is 4.00. The molecule has 12 heteroatoms. The highest BCUT2D eigenvalue weighted by Gasteiger charge is 2.38. The Bertz CT molecular complexity index is 1260. The van der Waals surface area contributed by atoms with Crippen LogP contribution in [-0.2, 0) is 16.1 Å². The van der Waals surface area contributed by atoms with Gasteiger partial charge in [0.05, 0.1) is 29.2 Å². The third-order valence-corrected chi connectivity index (χ3v) is 5.39. The molecule has 1 atom stereocenters. The van der Waals surface area contributed by atoms with E-state index in [1.54, 1.807) is 12.1 Å². The van der Waals surface area contributed by atoms with E-state index >= 15 is 0 Å². The van der Waals surface area contributed by atoms with Gasteiger partial charge in [0.1, 0.15) is 11.9 Å². The van der Waals surface area contributed by atoms with Gasteiger partial charge in [0.15, 0.2) is 0 Å². The van der Waals surface area contributed by atoms with Gasteiger partial charge in [0.25, 0.3) is 0 Å². The molecule has 1 aliphatic rings. The van der Waals surface area contributed by atoms with Crippen LogP contribution < -0.4 is 10.2 Å². The van der Waals surface area contributed by atoms with Gasteiger partial charge >= 0.3 is 12.1 Å². The molecule has 3 N–H and O–H groups in total. The van der Waals surface area contributed by atoms with Gasteiger partial charge in [0.2, 0.25) is 5.91 Å². The molecule has 0 saturated carbocycles. The lowest BCUT2D eigenvalue weighted by Crippen LogP contribution is -2.39. The molecule has 3 aromatic rings. The van der Waals surface area contributed by atoms with E-state index in [1.807, 2.05) is 44.4 Å². The average molecular weight is 502 g/mol. The molecule has 1 aliphatic heterocycles. The number of carboxylic acids is 1. The maximum absolute atomic E-state index is 13.0. The standard InChI is InChI=1S/C22H24N6O.C2HF3O2/c1-27(2)14-21-25-18-10-7-16(12-19(18)26-21)24-22(29)20-4-3-11-28(20)17-8-5-15(13-23)6-9-17;3-2(4,5)1(6)7/h5-10,12,20H,3-4,11,14H2,1-2H3,(H,24,29)(H,25,26);(H,6,7). The topological polar surface area (TPSA) is 125 Å². The first-order valence-electron chi connectivity index (χ1n) is 11.0. The number of benzene rings is 2. The Morgan fingerprint density at radius 2 is 1.92 bits per heavy atom. The van der Waals surface area contributed by atoms with Crippen molar-refractivity contribution < 1.29 is 27.9 Å². The number of imidazole rings is 1. The quantitative estimate of drug-likeness (QED) is 0.485. The highest BCUT2D eigenvalue weighted by molar-refractivity contribution is 5.98. The minimum Gasteiger partial charge on any atom is -0.475 e. The van der Waals surface area contributed by atoms with Crippen LogP contribution in [0.15, 0.2) is 42.5 Å². The van der Waals surface area contributed by atoms with E-state index < -0.39 is 12.1 Å². The Morgan fingerprint density at radius 1 is 1.25 bits per heavy atom. The molecule has 1 saturated heterocycles. The second-order valence-electron chi connectivity index (χ2n) is 8.46. The molecule has 0 radical (unpaired) electrons. The zero-order chi connectivity index (χ0) is 26.5. The monoisotopic (exact) mass is 502 g/mol. The van der Waals surface area contributed by atoms with Gasteiger partial charge in [-0.1, -0.05) is 0 Å². The Labute approximate surface area is 205 Å². The van der Waals surface area contributed by atoms with Gasteiger partial charge in [-0.25, -0.2) is 9.78 Å². The van der Waals surface area contributed by atoms with Crippen LogP contribution in [0, 0.1) is 11.3 Å². The summed E-state index contributed by atoms with van der Waals surface area (Å²) < 4.78 is 31.7. The SMILES string of the molecule is CN(C)Cc1nc2ccc(NC(=O)C3CCCN3c3ccc(C#N)cc3)cc2[nH]1.O=C(O)C(F)(F)F. The molecule has 0 bridgehead atoms. The van der Waals surface area contributed by atoms with Crippen LogP contribution in [0.1, 0.15) is 24.2 Å². The second kappa shape index (κ2) is 11.1. The lowest BCUT2D eigenvalue weighted by Gasteiger charge is -2.26. The molecule has 36 heavy (non-hydrogen) atoms. The fraction of sp³-hybridized carbons (Fsp3) is 0.333. The van der Waals surface area contributed by atoms with Gasteiger partial charge in [0, 0.05) is 17.9 Å². The Morgan fingerprint density at radius 3 is 2.50 bits per heavy atom. The lowest BCUT2D eigenvalue weighted by molar-refractivity contribution is -0.192. The largest absolute Gasteiger partial charge is 0.490 e. The number of hydrogen-bond donors (Lipinski definition) is 3. The maximum Gasteiger partial charge on any atom is 0.490 e. The number of carboxylic acid groups (broad SMARTS) is 1. The number of anilines is 2. The van der Waals surface area contributed by atoms with Crippen LogP contribution >= 0.6 is 0 Å². The number of aromatic amines is 1. The van der Waals surface area contributed by atoms with Crippen molar-refractivity contribution in [3.8, 4) is 6.07 Å². The van der Waals surface area contributed by atoms with Gasteiger partial charge in [-0.2, -0.15) is 18.4 Å². The van der Waals surface area contributed by atoms with E-state index in [1.165, 1.54) is 0 Å². The molecule has 0 spiro atoms. The number of aromatic nitrogens is 2. The zero-order valence-corrected chi connectivity index (χ0v) is 19.6. The molecular formula is C24H25F3N6O3. The maximum atomic E-state index is 13.0. The van der Waals surface area contributed by atoms with Crippen LogP contribution in [0.3, 0.4) is 0 Å². The number of carbonyl (C=O) groups is 2. The summed E-state index contributed by atoms with van der Waals surface area (Å²) >= 11 is 0. The van der Waals surface area contributed by atoms with Crippen LogP contribution in [-0.4, -0.2) is 64.7 Å². The van der Waals surface area contributed by atoms with E-state index in [-0.39, 0.29) is 11.9 Å². The van der Waals surface area contributed by atoms with E-state index in [0.717, 1.165) is 54.2 Å². The number of aliphatic carboxylic acids is 1. The van der Waals surface area contributed by atoms with E-state index in [4.69, 9.17) is 15.2 Å². The number of rotatable bonds is 5. The van der Waals surface area contributed by atoms with Crippen molar-refractivity contribution in [2.75, 3.05) is 30.9 Å². The summed E-state index contributed by atoms with van der Waals surface area (Å²) in [6.45, 7) is 1.56. The predicted octanol–water partition coefficient (Wildman–Crippen LogP) is 3.74. The number of fused-ring (bicyclic) bond motifs is 1. The minimum absolute atomic E-state index is 0.0146. The lowest BCUT2D eigenvalue weighted by atomic mass is 10.1. The first-order chi connectivity index (χ1) is 17.0. The number of H-pyrrole nitrogens is 1. The summed E-state index contributed by atoms with van der Waals surface area (Å²) in [4.78, 5) is 33.9. The van der Waals surface area contributed by atoms with Crippen LogP contribution in [0.25, 0.3) is 11.0 Å². The predicted molar refractivity (Wildman–Crippen MR) is 127 cm³/mol. The van der Waals surface area contributed by atoms with Gasteiger partial charge in [-0.05, 0) is 69.4 Å². The van der Waals surface area contributed by atoms with Gasteiger partial charge in [-0.3, -0.25) is 4.79 Å². The van der Waals surface area contributed by atoms with Gasteiger partial charge < -0.3 is 25.2 Å². The summed E-state index contributed by atoms with van der Waals surface area (Å²) in [5.74, 6) is -1.87. The third-order valence-electron chi connectivity index (χ3n) is 5.39. The summed E-state index contributed by atoms with van der Waals surface area (Å²) in [6.07, 6.45) is -3.31. The van der Waals surface area contributed by atoms with Gasteiger partial charge in [-0.15, -0.1) is 0 Å². The highest BCUT2D eigenvalue weighted by Crippen LogP contribution is 2.27. The molecule has 2 aromatic carbocycles. The number of amides is 1. The number of nitriles is 1. The van der Waals surface area contributed by atoms with Crippen molar-refractivity contribution in [1.82, 2.24) is 14.9 Å². The molecule has 1 aromatic heterocycles. The number of alkyl halides is 3. The normalized spacial score (nSPS) is 15.4. The van der Waals surface area contributed by atoms with Crippen molar-refractivity contribution in [2.45, 2.75) is 31.6 Å². The molecule has 2 heterocycles. The van der Waals surface area contributed by atoms with E-state index in [9.17, 15) is 18.0 Å². The smallest absolute Gasteiger partial charge is 0.475 e. The fourth-order valence-electron chi connectivity index (χ4n) is 3.82. The van der Waals surface area contributed by atoms with Crippen LogP contribution in [0.5, 0.6) is 0 Å². The number of carbonyl (C=O) groups excluding carboxylic acids is 1. The number of nitrogens with one attached hydrogen (secondary N) is 2. The van der Waals surface area contributed by atoms with Crippen molar-refractivity contribution in [2.24, 2.45) is 0 Å². The molecule has 1 fully saturated rings.